The van der Waals surface area contributed by atoms with Crippen LogP contribution in [0.15, 0.2) is 48.5 Å². The molecule has 0 radical (unpaired) electrons. The maximum atomic E-state index is 13.4. The maximum Gasteiger partial charge on any atom is 0.418 e. The summed E-state index contributed by atoms with van der Waals surface area (Å²) in [7, 11) is 1.35. The van der Waals surface area contributed by atoms with Gasteiger partial charge in [0.2, 0.25) is 5.91 Å². The number of nitrogens with one attached hydrogen (secondary N) is 4. The highest BCUT2D eigenvalue weighted by Crippen LogP contribution is 2.36. The molecule has 4 N–H and O–H groups in total. The third-order valence-electron chi connectivity index (χ3n) is 3.56. The average Bonchev–Trinajstić information content (AvgIpc) is 2.67. The fourth-order valence-corrected chi connectivity index (χ4v) is 2.17. The molecule has 28 heavy (non-hydrogen) atoms. The van der Waals surface area contributed by atoms with Crippen LogP contribution < -0.4 is 21.3 Å². The molecule has 0 aliphatic rings. The number of carbonyl (C=O) groups excluding carboxylic acids is 3. The van der Waals surface area contributed by atoms with Gasteiger partial charge in [-0.15, -0.1) is 0 Å². The molecule has 0 aliphatic heterocycles. The third kappa shape index (κ3) is 5.73. The van der Waals surface area contributed by atoms with Gasteiger partial charge in [-0.3, -0.25) is 9.59 Å². The van der Waals surface area contributed by atoms with Gasteiger partial charge in [0.1, 0.15) is 0 Å². The molecule has 2 aromatic rings. The number of amides is 4. The Kier molecular flexibility index (Phi) is 6.59. The van der Waals surface area contributed by atoms with Crippen LogP contribution in [-0.2, 0) is 11.0 Å². The molecule has 10 heteroatoms. The summed E-state index contributed by atoms with van der Waals surface area (Å²) in [5, 5.41) is 8.81. The molecule has 0 heterocycles. The van der Waals surface area contributed by atoms with E-state index in [1.165, 1.54) is 25.2 Å². The molecule has 0 aromatic heterocycles. The number of benzene rings is 2. The van der Waals surface area contributed by atoms with Crippen LogP contribution in [0.5, 0.6) is 0 Å². The van der Waals surface area contributed by atoms with E-state index in [4.69, 9.17) is 0 Å². The van der Waals surface area contributed by atoms with Gasteiger partial charge >= 0.3 is 12.2 Å². The van der Waals surface area contributed by atoms with Gasteiger partial charge in [-0.2, -0.15) is 13.2 Å². The smallest absolute Gasteiger partial charge is 0.358 e. The van der Waals surface area contributed by atoms with Crippen LogP contribution in [0.1, 0.15) is 15.9 Å². The first-order valence-corrected chi connectivity index (χ1v) is 8.04. The lowest BCUT2D eigenvalue weighted by Gasteiger charge is -2.16. The Labute approximate surface area is 158 Å². The second-order valence-electron chi connectivity index (χ2n) is 5.56. The van der Waals surface area contributed by atoms with Crippen molar-refractivity contribution in [2.45, 2.75) is 6.18 Å². The molecular weight excluding hydrogens is 377 g/mol. The Morgan fingerprint density at radius 1 is 0.964 bits per heavy atom. The van der Waals surface area contributed by atoms with Crippen LogP contribution in [0.4, 0.5) is 29.3 Å². The van der Waals surface area contributed by atoms with Gasteiger partial charge in [0.15, 0.2) is 0 Å². The predicted molar refractivity (Wildman–Crippen MR) is 96.9 cm³/mol. The predicted octanol–water partition coefficient (Wildman–Crippen LogP) is 2.83. The van der Waals surface area contributed by atoms with E-state index in [-0.39, 0.29) is 11.3 Å². The lowest BCUT2D eigenvalue weighted by Crippen LogP contribution is -2.37. The zero-order valence-corrected chi connectivity index (χ0v) is 14.7. The van der Waals surface area contributed by atoms with E-state index >= 15 is 0 Å². The lowest BCUT2D eigenvalue weighted by atomic mass is 10.1. The minimum atomic E-state index is -4.78. The highest BCUT2D eigenvalue weighted by atomic mass is 19.4. The molecule has 0 fully saturated rings. The van der Waals surface area contributed by atoms with Crippen LogP contribution in [-0.4, -0.2) is 31.4 Å². The van der Waals surface area contributed by atoms with Crippen molar-refractivity contribution < 1.29 is 27.6 Å². The molecule has 148 valence electrons. The van der Waals surface area contributed by atoms with Crippen LogP contribution in [0, 0.1) is 0 Å². The summed E-state index contributed by atoms with van der Waals surface area (Å²) < 4.78 is 40.1. The van der Waals surface area contributed by atoms with Crippen LogP contribution >= 0.6 is 0 Å². The third-order valence-corrected chi connectivity index (χ3v) is 3.56. The van der Waals surface area contributed by atoms with Crippen molar-refractivity contribution in [1.82, 2.24) is 10.6 Å². The normalized spacial score (nSPS) is 10.7. The molecule has 0 atom stereocenters. The molecule has 2 rings (SSSR count). The molecule has 0 bridgehead atoms. The second-order valence-corrected chi connectivity index (χ2v) is 5.56. The number of hydrogen-bond acceptors (Lipinski definition) is 3. The van der Waals surface area contributed by atoms with Crippen LogP contribution in [0.25, 0.3) is 0 Å². The molecular formula is C18H17F3N4O3. The maximum absolute atomic E-state index is 13.4. The zero-order valence-electron chi connectivity index (χ0n) is 14.7. The van der Waals surface area contributed by atoms with Crippen molar-refractivity contribution in [2.75, 3.05) is 24.2 Å². The van der Waals surface area contributed by atoms with Crippen LogP contribution in [0.3, 0.4) is 0 Å². The molecule has 4 amide bonds. The molecule has 2 aromatic carbocycles. The van der Waals surface area contributed by atoms with Gasteiger partial charge in [-0.1, -0.05) is 18.2 Å². The monoisotopic (exact) mass is 394 g/mol. The number of alkyl halides is 3. The molecule has 7 nitrogen and oxygen atoms in total. The second kappa shape index (κ2) is 8.89. The molecule has 0 spiro atoms. The summed E-state index contributed by atoms with van der Waals surface area (Å²) in [6.07, 6.45) is -4.78. The number of urea groups is 1. The summed E-state index contributed by atoms with van der Waals surface area (Å²) in [6.45, 7) is -0.394. The van der Waals surface area contributed by atoms with Crippen molar-refractivity contribution in [3.63, 3.8) is 0 Å². The van der Waals surface area contributed by atoms with Gasteiger partial charge in [0, 0.05) is 18.3 Å². The van der Waals surface area contributed by atoms with E-state index < -0.39 is 41.8 Å². The zero-order chi connectivity index (χ0) is 20.7. The van der Waals surface area contributed by atoms with Crippen molar-refractivity contribution in [2.24, 2.45) is 0 Å². The summed E-state index contributed by atoms with van der Waals surface area (Å²) in [4.78, 5) is 34.9. The van der Waals surface area contributed by atoms with Crippen molar-refractivity contribution in [3.05, 3.63) is 59.7 Å². The van der Waals surface area contributed by atoms with Crippen LogP contribution in [0.2, 0.25) is 0 Å². The molecule has 0 unspecified atom stereocenters. The van der Waals surface area contributed by atoms with E-state index in [1.807, 2.05) is 5.32 Å². The SMILES string of the molecule is CNC(=O)CNC(=O)Nc1ccc(NC(=O)c2ccccc2)cc1C(F)(F)F. The first-order chi connectivity index (χ1) is 13.2. The number of anilines is 2. The van der Waals surface area contributed by atoms with Gasteiger partial charge in [-0.25, -0.2) is 4.79 Å². The summed E-state index contributed by atoms with van der Waals surface area (Å²) in [5.74, 6) is -1.08. The van der Waals surface area contributed by atoms with E-state index in [1.54, 1.807) is 18.2 Å². The summed E-state index contributed by atoms with van der Waals surface area (Å²) in [5.41, 5.74) is -1.46. The Balaban J connectivity index is 2.18. The minimum Gasteiger partial charge on any atom is -0.358 e. The van der Waals surface area contributed by atoms with Gasteiger partial charge in [-0.05, 0) is 30.3 Å². The number of halogens is 3. The fourth-order valence-electron chi connectivity index (χ4n) is 2.17. The fraction of sp³-hybridized carbons (Fsp3) is 0.167. The van der Waals surface area contributed by atoms with Crippen molar-refractivity contribution in [3.8, 4) is 0 Å². The Hall–Kier alpha value is -3.56. The number of rotatable bonds is 5. The van der Waals surface area contributed by atoms with Gasteiger partial charge in [0.25, 0.3) is 5.91 Å². The highest BCUT2D eigenvalue weighted by molar-refractivity contribution is 6.04. The molecule has 0 saturated carbocycles. The number of likely N-dealkylation sites (N-methyl/N-ethyl adjacent to an activating group) is 1. The minimum absolute atomic E-state index is 0.0857. The first kappa shape index (κ1) is 20.7. The van der Waals surface area contributed by atoms with Crippen molar-refractivity contribution >= 4 is 29.2 Å². The number of carbonyl (C=O) groups is 3. The van der Waals surface area contributed by atoms with E-state index in [2.05, 4.69) is 16.0 Å². The lowest BCUT2D eigenvalue weighted by molar-refractivity contribution is -0.136. The Bertz CT molecular complexity index is 870. The van der Waals surface area contributed by atoms with Crippen molar-refractivity contribution in [1.29, 1.82) is 0 Å². The summed E-state index contributed by atoms with van der Waals surface area (Å²) >= 11 is 0. The largest absolute Gasteiger partial charge is 0.418 e. The Morgan fingerprint density at radius 2 is 1.64 bits per heavy atom. The summed E-state index contributed by atoms with van der Waals surface area (Å²) in [6, 6.07) is 9.98. The van der Waals surface area contributed by atoms with E-state index in [0.717, 1.165) is 12.1 Å². The number of hydrogen-bond donors (Lipinski definition) is 4. The average molecular weight is 394 g/mol. The van der Waals surface area contributed by atoms with E-state index in [0.29, 0.717) is 0 Å². The molecule has 0 saturated heterocycles. The highest BCUT2D eigenvalue weighted by Gasteiger charge is 2.34. The quantitative estimate of drug-likeness (QED) is 0.628. The van der Waals surface area contributed by atoms with Gasteiger partial charge in [0.05, 0.1) is 17.8 Å². The first-order valence-electron chi connectivity index (χ1n) is 8.04. The van der Waals surface area contributed by atoms with Gasteiger partial charge < -0.3 is 21.3 Å². The molecule has 0 aliphatic carbocycles. The Morgan fingerprint density at radius 3 is 2.25 bits per heavy atom. The van der Waals surface area contributed by atoms with E-state index in [9.17, 15) is 27.6 Å². The topological polar surface area (TPSA) is 99.3 Å². The standard InChI is InChI=1S/C18H17F3N4O3/c1-22-15(26)10-23-17(28)25-14-8-7-12(9-13(14)18(19,20)21)24-16(27)11-5-3-2-4-6-11/h2-9H,10H2,1H3,(H,22,26)(H,24,27)(H2,23,25,28).